The van der Waals surface area contributed by atoms with Crippen molar-refractivity contribution in [2.75, 3.05) is 19.7 Å². The lowest BCUT2D eigenvalue weighted by atomic mass is 10.1. The summed E-state index contributed by atoms with van der Waals surface area (Å²) in [5.74, 6) is 0.931. The highest BCUT2D eigenvalue weighted by Gasteiger charge is 2.44. The summed E-state index contributed by atoms with van der Waals surface area (Å²) >= 11 is 0. The second-order valence-corrected chi connectivity index (χ2v) is 5.87. The first-order chi connectivity index (χ1) is 7.18. The third-order valence-electron chi connectivity index (χ3n) is 4.01. The van der Waals surface area contributed by atoms with E-state index in [1.807, 2.05) is 0 Å². The van der Waals surface area contributed by atoms with E-state index in [0.29, 0.717) is 11.5 Å². The molecule has 2 nitrogen and oxygen atoms in total. The maximum atomic E-state index is 5.60. The van der Waals surface area contributed by atoms with Crippen LogP contribution < -0.4 is 5.32 Å². The Hall–Kier alpha value is -0.0800. The summed E-state index contributed by atoms with van der Waals surface area (Å²) in [7, 11) is 0. The summed E-state index contributed by atoms with van der Waals surface area (Å²) in [4.78, 5) is 0. The van der Waals surface area contributed by atoms with E-state index in [1.54, 1.807) is 0 Å². The van der Waals surface area contributed by atoms with E-state index in [-0.39, 0.29) is 0 Å². The zero-order chi connectivity index (χ0) is 10.7. The normalized spacial score (nSPS) is 33.2. The van der Waals surface area contributed by atoms with Crippen molar-refractivity contribution in [1.82, 2.24) is 5.32 Å². The second-order valence-electron chi connectivity index (χ2n) is 5.87. The van der Waals surface area contributed by atoms with Crippen molar-refractivity contribution in [3.05, 3.63) is 0 Å². The van der Waals surface area contributed by atoms with Crippen molar-refractivity contribution >= 4 is 0 Å². The van der Waals surface area contributed by atoms with Gasteiger partial charge in [0.2, 0.25) is 0 Å². The van der Waals surface area contributed by atoms with Crippen LogP contribution >= 0.6 is 0 Å². The molecular weight excluding hydrogens is 186 g/mol. The van der Waals surface area contributed by atoms with Crippen LogP contribution in [0.2, 0.25) is 0 Å². The molecule has 2 atom stereocenters. The molecule has 1 saturated heterocycles. The van der Waals surface area contributed by atoms with Crippen LogP contribution in [0.3, 0.4) is 0 Å². The first-order valence-corrected chi connectivity index (χ1v) is 6.51. The highest BCUT2D eigenvalue weighted by Crippen LogP contribution is 2.50. The fraction of sp³-hybridized carbons (Fsp3) is 1.00. The molecule has 2 aliphatic rings. The molecule has 0 aromatic rings. The average Bonchev–Trinajstić information content (AvgIpc) is 2.66. The number of rotatable bonds is 6. The van der Waals surface area contributed by atoms with Gasteiger partial charge < -0.3 is 10.1 Å². The smallest absolute Gasteiger partial charge is 0.0576 e. The molecule has 1 saturated carbocycles. The van der Waals surface area contributed by atoms with E-state index in [2.05, 4.69) is 19.2 Å². The van der Waals surface area contributed by atoms with E-state index in [9.17, 15) is 0 Å². The van der Waals surface area contributed by atoms with Gasteiger partial charge in [0.15, 0.2) is 0 Å². The lowest BCUT2D eigenvalue weighted by Crippen LogP contribution is -2.21. The van der Waals surface area contributed by atoms with Crippen molar-refractivity contribution in [3.63, 3.8) is 0 Å². The SMILES string of the molecule is CC1(C)CC1CNCCCC1CCCO1. The van der Waals surface area contributed by atoms with Crippen LogP contribution in [-0.2, 0) is 4.74 Å². The fourth-order valence-corrected chi connectivity index (χ4v) is 2.53. The topological polar surface area (TPSA) is 21.3 Å². The average molecular weight is 211 g/mol. The largest absolute Gasteiger partial charge is 0.378 e. The molecule has 88 valence electrons. The monoisotopic (exact) mass is 211 g/mol. The van der Waals surface area contributed by atoms with Gasteiger partial charge in [-0.05, 0) is 56.5 Å². The molecule has 0 radical (unpaired) electrons. The van der Waals surface area contributed by atoms with Gasteiger partial charge in [-0.15, -0.1) is 0 Å². The Morgan fingerprint density at radius 3 is 2.80 bits per heavy atom. The lowest BCUT2D eigenvalue weighted by molar-refractivity contribution is 0.102. The molecule has 1 heterocycles. The first kappa shape index (κ1) is 11.4. The van der Waals surface area contributed by atoms with E-state index >= 15 is 0 Å². The van der Waals surface area contributed by atoms with Gasteiger partial charge in [-0.25, -0.2) is 0 Å². The minimum atomic E-state index is 0.573. The van der Waals surface area contributed by atoms with Crippen molar-refractivity contribution < 1.29 is 4.74 Å². The van der Waals surface area contributed by atoms with Crippen LogP contribution in [0.4, 0.5) is 0 Å². The molecule has 0 bridgehead atoms. The molecule has 2 unspecified atom stereocenters. The van der Waals surface area contributed by atoms with Crippen LogP contribution in [0.5, 0.6) is 0 Å². The molecule has 15 heavy (non-hydrogen) atoms. The maximum absolute atomic E-state index is 5.60. The van der Waals surface area contributed by atoms with Crippen molar-refractivity contribution in [1.29, 1.82) is 0 Å². The number of hydrogen-bond acceptors (Lipinski definition) is 2. The lowest BCUT2D eigenvalue weighted by Gasteiger charge is -2.09. The van der Waals surface area contributed by atoms with E-state index < -0.39 is 0 Å². The Morgan fingerprint density at radius 2 is 2.20 bits per heavy atom. The Labute approximate surface area is 93.8 Å². The van der Waals surface area contributed by atoms with Crippen LogP contribution in [0.15, 0.2) is 0 Å². The summed E-state index contributed by atoms with van der Waals surface area (Å²) in [6.45, 7) is 8.12. The quantitative estimate of drug-likeness (QED) is 0.682. The van der Waals surface area contributed by atoms with Crippen LogP contribution in [0, 0.1) is 11.3 Å². The summed E-state index contributed by atoms with van der Waals surface area (Å²) in [5, 5.41) is 3.57. The molecule has 0 aromatic heterocycles. The maximum Gasteiger partial charge on any atom is 0.0576 e. The summed E-state index contributed by atoms with van der Waals surface area (Å²) in [5.41, 5.74) is 0.627. The molecule has 1 aliphatic heterocycles. The highest BCUT2D eigenvalue weighted by molar-refractivity contribution is 4.95. The molecule has 1 N–H and O–H groups in total. The van der Waals surface area contributed by atoms with Crippen LogP contribution in [0.1, 0.15) is 46.0 Å². The van der Waals surface area contributed by atoms with Crippen molar-refractivity contribution in [2.45, 2.75) is 52.1 Å². The standard InChI is InChI=1S/C13H25NO/c1-13(2)9-11(13)10-14-7-3-5-12-6-4-8-15-12/h11-12,14H,3-10H2,1-2H3. The van der Waals surface area contributed by atoms with Gasteiger partial charge in [-0.2, -0.15) is 0 Å². The third kappa shape index (κ3) is 3.46. The molecular formula is C13H25NO. The Balaban J connectivity index is 1.42. The van der Waals surface area contributed by atoms with Crippen LogP contribution in [0.25, 0.3) is 0 Å². The molecule has 0 amide bonds. The van der Waals surface area contributed by atoms with E-state index in [4.69, 9.17) is 4.74 Å². The summed E-state index contributed by atoms with van der Waals surface area (Å²) in [6.07, 6.45) is 7.07. The van der Waals surface area contributed by atoms with Gasteiger partial charge >= 0.3 is 0 Å². The Bertz CT molecular complexity index is 190. The predicted octanol–water partition coefficient (Wildman–Crippen LogP) is 2.58. The van der Waals surface area contributed by atoms with E-state index in [0.717, 1.165) is 12.5 Å². The Morgan fingerprint density at radius 1 is 1.40 bits per heavy atom. The zero-order valence-electron chi connectivity index (χ0n) is 10.2. The van der Waals surface area contributed by atoms with Crippen LogP contribution in [-0.4, -0.2) is 25.8 Å². The van der Waals surface area contributed by atoms with Gasteiger partial charge in [0.1, 0.15) is 0 Å². The third-order valence-corrected chi connectivity index (χ3v) is 4.01. The van der Waals surface area contributed by atoms with Gasteiger partial charge in [-0.1, -0.05) is 13.8 Å². The van der Waals surface area contributed by atoms with Crippen molar-refractivity contribution in [2.24, 2.45) is 11.3 Å². The zero-order valence-corrected chi connectivity index (χ0v) is 10.2. The predicted molar refractivity (Wildman–Crippen MR) is 63.0 cm³/mol. The second kappa shape index (κ2) is 4.84. The van der Waals surface area contributed by atoms with E-state index in [1.165, 1.54) is 45.2 Å². The molecule has 2 rings (SSSR count). The summed E-state index contributed by atoms with van der Waals surface area (Å²) in [6, 6.07) is 0. The van der Waals surface area contributed by atoms with Crippen molar-refractivity contribution in [3.8, 4) is 0 Å². The number of ether oxygens (including phenoxy) is 1. The number of hydrogen-bond donors (Lipinski definition) is 1. The minimum absolute atomic E-state index is 0.573. The first-order valence-electron chi connectivity index (χ1n) is 6.51. The number of nitrogens with one attached hydrogen (secondary N) is 1. The van der Waals surface area contributed by atoms with Gasteiger partial charge in [0, 0.05) is 6.61 Å². The van der Waals surface area contributed by atoms with Gasteiger partial charge in [0.25, 0.3) is 0 Å². The summed E-state index contributed by atoms with van der Waals surface area (Å²) < 4.78 is 5.60. The Kier molecular flexibility index (Phi) is 3.68. The minimum Gasteiger partial charge on any atom is -0.378 e. The fourth-order valence-electron chi connectivity index (χ4n) is 2.53. The van der Waals surface area contributed by atoms with Gasteiger partial charge in [0.05, 0.1) is 6.10 Å². The molecule has 0 aromatic carbocycles. The van der Waals surface area contributed by atoms with Gasteiger partial charge in [-0.3, -0.25) is 0 Å². The molecule has 0 spiro atoms. The molecule has 1 aliphatic carbocycles. The highest BCUT2D eigenvalue weighted by atomic mass is 16.5. The molecule has 2 fully saturated rings. The molecule has 2 heteroatoms.